The summed E-state index contributed by atoms with van der Waals surface area (Å²) < 4.78 is 6.08. The van der Waals surface area contributed by atoms with Crippen molar-refractivity contribution in [2.24, 2.45) is 4.99 Å². The molecule has 1 aliphatic rings. The lowest BCUT2D eigenvalue weighted by Gasteiger charge is -2.11. The molecule has 1 aliphatic heterocycles. The quantitative estimate of drug-likeness (QED) is 0.548. The van der Waals surface area contributed by atoms with Gasteiger partial charge in [-0.1, -0.05) is 24.3 Å². The fourth-order valence-electron chi connectivity index (χ4n) is 3.34. The van der Waals surface area contributed by atoms with Gasteiger partial charge < -0.3 is 10.1 Å². The Morgan fingerprint density at radius 3 is 2.79 bits per heavy atom. The number of aliphatic imine (C=N–C) groups is 1. The van der Waals surface area contributed by atoms with E-state index >= 15 is 0 Å². The highest BCUT2D eigenvalue weighted by molar-refractivity contribution is 6.10. The Hall–Kier alpha value is -3.73. The molecule has 0 unspecified atom stereocenters. The van der Waals surface area contributed by atoms with Crippen LogP contribution in [0.25, 0.3) is 10.8 Å². The minimum Gasteiger partial charge on any atom is -0.438 e. The number of aryl methyl sites for hydroxylation is 1. The van der Waals surface area contributed by atoms with E-state index < -0.39 is 0 Å². The van der Waals surface area contributed by atoms with E-state index in [-0.39, 0.29) is 0 Å². The van der Waals surface area contributed by atoms with Crippen LogP contribution in [0.5, 0.6) is 11.6 Å². The average Bonchev–Trinajstić information content (AvgIpc) is 3.13. The van der Waals surface area contributed by atoms with Crippen molar-refractivity contribution in [1.82, 2.24) is 9.97 Å². The minimum absolute atomic E-state index is 0.601. The molecular formula is C23H18N4O. The van der Waals surface area contributed by atoms with Crippen LogP contribution in [0.15, 0.2) is 78.0 Å². The number of nitrogens with zero attached hydrogens (tertiary/aromatic N) is 3. The molecular weight excluding hydrogens is 348 g/mol. The molecule has 0 atom stereocenters. The van der Waals surface area contributed by atoms with Crippen LogP contribution in [0.1, 0.15) is 16.8 Å². The Balaban J connectivity index is 1.45. The normalized spacial score (nSPS) is 12.5. The maximum Gasteiger partial charge on any atom is 0.227 e. The highest BCUT2D eigenvalue weighted by Gasteiger charge is 2.17. The Morgan fingerprint density at radius 2 is 1.86 bits per heavy atom. The fourth-order valence-corrected chi connectivity index (χ4v) is 3.34. The summed E-state index contributed by atoms with van der Waals surface area (Å²) in [6.45, 7) is 2.69. The number of hydrogen-bond acceptors (Lipinski definition) is 5. The van der Waals surface area contributed by atoms with Crippen LogP contribution in [0, 0.1) is 6.92 Å². The number of rotatable bonds is 3. The van der Waals surface area contributed by atoms with Gasteiger partial charge in [0.2, 0.25) is 5.88 Å². The molecule has 1 N–H and O–H groups in total. The molecule has 0 saturated heterocycles. The lowest BCUT2D eigenvalue weighted by Crippen LogP contribution is -2.13. The summed E-state index contributed by atoms with van der Waals surface area (Å²) in [5, 5.41) is 5.40. The van der Waals surface area contributed by atoms with Crippen molar-refractivity contribution in [2.75, 3.05) is 5.32 Å². The zero-order valence-electron chi connectivity index (χ0n) is 15.4. The summed E-state index contributed by atoms with van der Waals surface area (Å²) in [5.74, 6) is 2.22. The molecule has 0 spiro atoms. The molecule has 5 rings (SSSR count). The third-order valence-electron chi connectivity index (χ3n) is 4.81. The average molecular weight is 366 g/mol. The first-order chi connectivity index (χ1) is 13.8. The molecule has 0 saturated carbocycles. The van der Waals surface area contributed by atoms with Crippen LogP contribution in [0.4, 0.5) is 5.69 Å². The number of pyridine rings is 2. The Kier molecular flexibility index (Phi) is 3.98. The van der Waals surface area contributed by atoms with Gasteiger partial charge >= 0.3 is 0 Å². The van der Waals surface area contributed by atoms with Crippen molar-refractivity contribution in [1.29, 1.82) is 0 Å². The third-order valence-corrected chi connectivity index (χ3v) is 4.81. The van der Waals surface area contributed by atoms with Gasteiger partial charge in [-0.05, 0) is 54.3 Å². The topological polar surface area (TPSA) is 59.4 Å². The molecule has 28 heavy (non-hydrogen) atoms. The minimum atomic E-state index is 0.601. The summed E-state index contributed by atoms with van der Waals surface area (Å²) in [6, 6.07) is 20.0. The van der Waals surface area contributed by atoms with E-state index in [2.05, 4.69) is 32.4 Å². The van der Waals surface area contributed by atoms with Crippen LogP contribution in [0.2, 0.25) is 0 Å². The van der Waals surface area contributed by atoms with E-state index in [0.29, 0.717) is 12.4 Å². The van der Waals surface area contributed by atoms with Crippen molar-refractivity contribution >= 4 is 22.3 Å². The summed E-state index contributed by atoms with van der Waals surface area (Å²) in [4.78, 5) is 13.4. The van der Waals surface area contributed by atoms with E-state index in [1.807, 2.05) is 55.5 Å². The molecule has 5 nitrogen and oxygen atoms in total. The molecule has 136 valence electrons. The Morgan fingerprint density at radius 1 is 0.929 bits per heavy atom. The first-order valence-electron chi connectivity index (χ1n) is 9.16. The molecule has 2 aromatic heterocycles. The number of hydrogen-bond donors (Lipinski definition) is 1. The van der Waals surface area contributed by atoms with E-state index in [1.54, 1.807) is 12.4 Å². The molecule has 2 aromatic carbocycles. The number of anilines is 1. The first-order valence-corrected chi connectivity index (χ1v) is 9.16. The summed E-state index contributed by atoms with van der Waals surface area (Å²) >= 11 is 0. The molecule has 0 fully saturated rings. The lowest BCUT2D eigenvalue weighted by atomic mass is 10.1. The second-order valence-electron chi connectivity index (χ2n) is 6.72. The van der Waals surface area contributed by atoms with E-state index in [4.69, 9.17) is 4.74 Å². The van der Waals surface area contributed by atoms with E-state index in [1.165, 1.54) is 0 Å². The summed E-state index contributed by atoms with van der Waals surface area (Å²) in [5.41, 5.74) is 4.09. The van der Waals surface area contributed by atoms with Gasteiger partial charge in [0.15, 0.2) is 5.84 Å². The zero-order valence-corrected chi connectivity index (χ0v) is 15.4. The smallest absolute Gasteiger partial charge is 0.227 e. The molecule has 0 bridgehead atoms. The van der Waals surface area contributed by atoms with Crippen LogP contribution in [-0.4, -0.2) is 15.8 Å². The van der Waals surface area contributed by atoms with Gasteiger partial charge in [-0.3, -0.25) is 9.98 Å². The molecule has 0 aliphatic carbocycles. The van der Waals surface area contributed by atoms with Crippen LogP contribution >= 0.6 is 0 Å². The number of fused-ring (bicyclic) bond motifs is 2. The predicted octanol–water partition coefficient (Wildman–Crippen LogP) is 5.10. The molecule has 0 amide bonds. The second-order valence-corrected chi connectivity index (χ2v) is 6.72. The van der Waals surface area contributed by atoms with Gasteiger partial charge in [0, 0.05) is 29.0 Å². The van der Waals surface area contributed by atoms with Gasteiger partial charge in [0.25, 0.3) is 0 Å². The van der Waals surface area contributed by atoms with Crippen LogP contribution < -0.4 is 10.1 Å². The number of para-hydroxylation sites is 1. The van der Waals surface area contributed by atoms with Gasteiger partial charge in [-0.2, -0.15) is 0 Å². The second kappa shape index (κ2) is 6.78. The fraction of sp³-hybridized carbons (Fsp3) is 0.0870. The van der Waals surface area contributed by atoms with Crippen molar-refractivity contribution in [2.45, 2.75) is 13.5 Å². The number of nitrogens with one attached hydrogen (secondary N) is 1. The van der Waals surface area contributed by atoms with Crippen LogP contribution in [0.3, 0.4) is 0 Å². The van der Waals surface area contributed by atoms with Gasteiger partial charge in [-0.25, -0.2) is 4.98 Å². The van der Waals surface area contributed by atoms with Gasteiger partial charge in [-0.15, -0.1) is 0 Å². The molecule has 4 aromatic rings. The SMILES string of the molecule is Cc1ccccc1Oc1nccc2cc(NC3=NCc4cccnc43)ccc12. The number of amidine groups is 1. The van der Waals surface area contributed by atoms with Crippen molar-refractivity contribution in [3.05, 3.63) is 89.9 Å². The highest BCUT2D eigenvalue weighted by Crippen LogP contribution is 2.31. The largest absolute Gasteiger partial charge is 0.438 e. The molecule has 0 radical (unpaired) electrons. The van der Waals surface area contributed by atoms with E-state index in [0.717, 1.165) is 44.9 Å². The van der Waals surface area contributed by atoms with Crippen molar-refractivity contribution in [3.63, 3.8) is 0 Å². The predicted molar refractivity (Wildman–Crippen MR) is 111 cm³/mol. The maximum atomic E-state index is 6.08. The monoisotopic (exact) mass is 366 g/mol. The van der Waals surface area contributed by atoms with Crippen molar-refractivity contribution in [3.8, 4) is 11.6 Å². The van der Waals surface area contributed by atoms with Gasteiger partial charge in [0.1, 0.15) is 11.4 Å². The van der Waals surface area contributed by atoms with Crippen LogP contribution in [-0.2, 0) is 6.54 Å². The standard InChI is InChI=1S/C23H18N4O/c1-15-5-2-3-7-20(15)28-23-19-9-8-18(13-16(19)10-12-25-23)27-22-21-17(14-26-22)6-4-11-24-21/h2-13H,14H2,1H3,(H,26,27). The number of ether oxygens (including phenoxy) is 1. The Bertz CT molecular complexity index is 1220. The Labute approximate surface area is 162 Å². The first kappa shape index (κ1) is 16.4. The maximum absolute atomic E-state index is 6.08. The summed E-state index contributed by atoms with van der Waals surface area (Å²) in [7, 11) is 0. The highest BCUT2D eigenvalue weighted by atomic mass is 16.5. The number of aromatic nitrogens is 2. The summed E-state index contributed by atoms with van der Waals surface area (Å²) in [6.07, 6.45) is 3.56. The molecule has 5 heteroatoms. The van der Waals surface area contributed by atoms with Gasteiger partial charge in [0.05, 0.1) is 6.54 Å². The third kappa shape index (κ3) is 2.97. The zero-order chi connectivity index (χ0) is 18.9. The van der Waals surface area contributed by atoms with E-state index in [9.17, 15) is 0 Å². The number of benzene rings is 2. The van der Waals surface area contributed by atoms with Crippen molar-refractivity contribution < 1.29 is 4.74 Å². The lowest BCUT2D eigenvalue weighted by molar-refractivity contribution is 0.465. The molecule has 3 heterocycles.